The lowest BCUT2D eigenvalue weighted by atomic mass is 9.87. The molecule has 0 aliphatic heterocycles. The lowest BCUT2D eigenvalue weighted by molar-refractivity contribution is -0.170. The maximum Gasteiger partial charge on any atom is 0.471 e. The number of amides is 1. The topological polar surface area (TPSA) is 46.3 Å². The number of rotatable bonds is 3. The molecule has 3 rings (SSSR count). The highest BCUT2D eigenvalue weighted by Gasteiger charge is 2.42. The highest BCUT2D eigenvalue weighted by atomic mass is 19.4. The molecule has 4 nitrogen and oxygen atoms in total. The molecule has 0 bridgehead atoms. The number of carbonyl (C=O) groups is 1. The molecule has 0 spiro atoms. The van der Waals surface area contributed by atoms with E-state index in [2.05, 4.69) is 25.8 Å². The zero-order valence-corrected chi connectivity index (χ0v) is 17.0. The van der Waals surface area contributed by atoms with Crippen LogP contribution in [0, 0.1) is 6.92 Å². The zero-order valence-electron chi connectivity index (χ0n) is 17.0. The average molecular weight is 404 g/mol. The van der Waals surface area contributed by atoms with E-state index in [4.69, 9.17) is 4.42 Å². The molecule has 1 heterocycles. The van der Waals surface area contributed by atoms with Gasteiger partial charge >= 0.3 is 12.1 Å². The minimum Gasteiger partial charge on any atom is -0.436 e. The van der Waals surface area contributed by atoms with Crippen molar-refractivity contribution in [1.29, 1.82) is 0 Å². The van der Waals surface area contributed by atoms with E-state index in [1.165, 1.54) is 24.6 Å². The highest BCUT2D eigenvalue weighted by Crippen LogP contribution is 2.33. The fourth-order valence-electron chi connectivity index (χ4n) is 3.17. The van der Waals surface area contributed by atoms with Crippen LogP contribution < -0.4 is 4.90 Å². The Kier molecular flexibility index (Phi) is 5.19. The van der Waals surface area contributed by atoms with Gasteiger partial charge in [0.2, 0.25) is 5.89 Å². The van der Waals surface area contributed by atoms with Crippen molar-refractivity contribution in [3.63, 3.8) is 0 Å². The zero-order chi connectivity index (χ0) is 21.6. The minimum atomic E-state index is -4.94. The second-order valence-corrected chi connectivity index (χ2v) is 8.00. The van der Waals surface area contributed by atoms with E-state index in [-0.39, 0.29) is 17.6 Å². The van der Waals surface area contributed by atoms with E-state index in [1.807, 2.05) is 24.3 Å². The first-order valence-corrected chi connectivity index (χ1v) is 9.32. The molecule has 0 saturated heterocycles. The van der Waals surface area contributed by atoms with Crippen molar-refractivity contribution >= 4 is 22.7 Å². The standard InChI is InChI=1S/C22H23F3N2O2/c1-6-27(20(28)22(23,24)25)16-11-13(2)18-17(12-16)26-19(29-18)14-7-9-15(10-8-14)21(3,4)5/h7-12H,6H2,1-5H3. The number of halogens is 3. The first kappa shape index (κ1) is 20.9. The Labute approximate surface area is 167 Å². The van der Waals surface area contributed by atoms with Crippen molar-refractivity contribution < 1.29 is 22.4 Å². The fraction of sp³-hybridized carbons (Fsp3) is 0.364. The van der Waals surface area contributed by atoms with Gasteiger partial charge in [0.25, 0.3) is 0 Å². The van der Waals surface area contributed by atoms with E-state index in [9.17, 15) is 18.0 Å². The second kappa shape index (κ2) is 7.21. The molecule has 0 fully saturated rings. The van der Waals surface area contributed by atoms with Gasteiger partial charge in [0.15, 0.2) is 5.58 Å². The van der Waals surface area contributed by atoms with Crippen LogP contribution in [-0.2, 0) is 10.2 Å². The maximum absolute atomic E-state index is 12.9. The van der Waals surface area contributed by atoms with Crippen LogP contribution in [0.4, 0.5) is 18.9 Å². The predicted molar refractivity (Wildman–Crippen MR) is 107 cm³/mol. The summed E-state index contributed by atoms with van der Waals surface area (Å²) in [5.41, 5.74) is 3.59. The third kappa shape index (κ3) is 4.13. The second-order valence-electron chi connectivity index (χ2n) is 8.00. The number of benzene rings is 2. The number of alkyl halides is 3. The summed E-state index contributed by atoms with van der Waals surface area (Å²) in [6.07, 6.45) is -4.94. The molecule has 0 aliphatic carbocycles. The summed E-state index contributed by atoms with van der Waals surface area (Å²) in [6, 6.07) is 10.8. The molecule has 3 aromatic rings. The Morgan fingerprint density at radius 2 is 1.72 bits per heavy atom. The van der Waals surface area contributed by atoms with Crippen molar-refractivity contribution in [2.75, 3.05) is 11.4 Å². The largest absolute Gasteiger partial charge is 0.471 e. The van der Waals surface area contributed by atoms with Crippen LogP contribution in [-0.4, -0.2) is 23.6 Å². The summed E-state index contributed by atoms with van der Waals surface area (Å²) in [7, 11) is 0. The Bertz CT molecular complexity index is 1040. The molecule has 2 aromatic carbocycles. The summed E-state index contributed by atoms with van der Waals surface area (Å²) in [5, 5.41) is 0. The van der Waals surface area contributed by atoms with Gasteiger partial charge in [-0.15, -0.1) is 0 Å². The van der Waals surface area contributed by atoms with Gasteiger partial charge in [0.05, 0.1) is 0 Å². The first-order valence-electron chi connectivity index (χ1n) is 9.32. The summed E-state index contributed by atoms with van der Waals surface area (Å²) >= 11 is 0. The monoisotopic (exact) mass is 404 g/mol. The van der Waals surface area contributed by atoms with Gasteiger partial charge in [0, 0.05) is 17.8 Å². The smallest absolute Gasteiger partial charge is 0.436 e. The van der Waals surface area contributed by atoms with Gasteiger partial charge in [-0.1, -0.05) is 32.9 Å². The minimum absolute atomic E-state index is 0.0138. The van der Waals surface area contributed by atoms with Crippen molar-refractivity contribution in [3.8, 4) is 11.5 Å². The number of hydrogen-bond acceptors (Lipinski definition) is 3. The highest BCUT2D eigenvalue weighted by molar-refractivity contribution is 5.99. The number of hydrogen-bond donors (Lipinski definition) is 0. The fourth-order valence-corrected chi connectivity index (χ4v) is 3.17. The van der Waals surface area contributed by atoms with Gasteiger partial charge in [-0.2, -0.15) is 13.2 Å². The molecule has 1 amide bonds. The van der Waals surface area contributed by atoms with E-state index in [1.54, 1.807) is 6.92 Å². The van der Waals surface area contributed by atoms with E-state index in [0.717, 1.165) is 5.56 Å². The Morgan fingerprint density at radius 3 is 2.24 bits per heavy atom. The molecule has 0 N–H and O–H groups in total. The van der Waals surface area contributed by atoms with Gasteiger partial charge in [-0.25, -0.2) is 4.98 Å². The molecule has 0 atom stereocenters. The van der Waals surface area contributed by atoms with Crippen LogP contribution in [0.2, 0.25) is 0 Å². The molecule has 154 valence electrons. The number of aryl methyl sites for hydroxylation is 1. The summed E-state index contributed by atoms with van der Waals surface area (Å²) in [6.45, 7) is 9.46. The van der Waals surface area contributed by atoms with Crippen molar-refractivity contribution in [1.82, 2.24) is 4.98 Å². The third-order valence-corrected chi connectivity index (χ3v) is 4.77. The SMILES string of the molecule is CCN(C(=O)C(F)(F)F)c1cc(C)c2oc(-c3ccc(C(C)(C)C)cc3)nc2c1. The summed E-state index contributed by atoms with van der Waals surface area (Å²) in [4.78, 5) is 16.9. The van der Waals surface area contributed by atoms with Crippen LogP contribution in [0.1, 0.15) is 38.8 Å². The molecular formula is C22H23F3N2O2. The normalized spacial score (nSPS) is 12.4. The van der Waals surface area contributed by atoms with E-state index >= 15 is 0 Å². The van der Waals surface area contributed by atoms with E-state index in [0.29, 0.717) is 27.5 Å². The number of carbonyl (C=O) groups excluding carboxylic acids is 1. The van der Waals surface area contributed by atoms with Gasteiger partial charge in [0.1, 0.15) is 5.52 Å². The van der Waals surface area contributed by atoms with Crippen molar-refractivity contribution in [2.24, 2.45) is 0 Å². The van der Waals surface area contributed by atoms with Crippen LogP contribution in [0.25, 0.3) is 22.6 Å². The predicted octanol–water partition coefficient (Wildman–Crippen LogP) is 6.02. The Morgan fingerprint density at radius 1 is 1.10 bits per heavy atom. The van der Waals surface area contributed by atoms with Crippen molar-refractivity contribution in [3.05, 3.63) is 47.5 Å². The molecule has 0 unspecified atom stereocenters. The first-order chi connectivity index (χ1) is 13.4. The number of fused-ring (bicyclic) bond motifs is 1. The lowest BCUT2D eigenvalue weighted by Gasteiger charge is -2.22. The van der Waals surface area contributed by atoms with Crippen molar-refractivity contribution in [2.45, 2.75) is 46.2 Å². The lowest BCUT2D eigenvalue weighted by Crippen LogP contribution is -2.41. The average Bonchev–Trinajstić information content (AvgIpc) is 3.06. The molecule has 0 aliphatic rings. The Balaban J connectivity index is 2.03. The quantitative estimate of drug-likeness (QED) is 0.537. The molecule has 0 saturated carbocycles. The maximum atomic E-state index is 12.9. The van der Waals surface area contributed by atoms with Gasteiger partial charge in [-0.3, -0.25) is 4.79 Å². The number of oxazole rings is 1. The summed E-state index contributed by atoms with van der Waals surface area (Å²) in [5.74, 6) is -1.52. The van der Waals surface area contributed by atoms with Crippen LogP contribution in [0.5, 0.6) is 0 Å². The molecule has 1 aromatic heterocycles. The Hall–Kier alpha value is -2.83. The van der Waals surface area contributed by atoms with E-state index < -0.39 is 12.1 Å². The molecular weight excluding hydrogens is 381 g/mol. The number of aromatic nitrogens is 1. The molecule has 7 heteroatoms. The molecule has 29 heavy (non-hydrogen) atoms. The van der Waals surface area contributed by atoms with Gasteiger partial charge in [-0.05, 0) is 54.7 Å². The van der Waals surface area contributed by atoms with Gasteiger partial charge < -0.3 is 9.32 Å². The van der Waals surface area contributed by atoms with Crippen LogP contribution in [0.3, 0.4) is 0 Å². The third-order valence-electron chi connectivity index (χ3n) is 4.77. The summed E-state index contributed by atoms with van der Waals surface area (Å²) < 4.78 is 44.6. The van der Waals surface area contributed by atoms with Crippen LogP contribution in [0.15, 0.2) is 40.8 Å². The number of anilines is 1. The molecule has 0 radical (unpaired) electrons. The number of nitrogens with zero attached hydrogens (tertiary/aromatic N) is 2. The van der Waals surface area contributed by atoms with Crippen LogP contribution >= 0.6 is 0 Å².